The summed E-state index contributed by atoms with van der Waals surface area (Å²) >= 11 is 10.4. The van der Waals surface area contributed by atoms with Gasteiger partial charge in [0.2, 0.25) is 0 Å². The minimum absolute atomic E-state index is 0. The second-order valence-corrected chi connectivity index (χ2v) is 27.4. The number of benzene rings is 1. The Morgan fingerprint density at radius 2 is 0.495 bits per heavy atom. The molecule has 0 spiro atoms. The minimum Gasteiger partial charge on any atom is -0.394 e. The van der Waals surface area contributed by atoms with Crippen LogP contribution in [0.25, 0.3) is 0 Å². The molecule has 1 aromatic carbocycles. The molecule has 23 aliphatic rings. The Balaban J connectivity index is 0.000000454. The standard InChI is InChI=1S/C42H70O35.C14H10Br3O.C5H5.Fe/c43-1-8-29-15(50)22(57)36(64-8)72-30-9(2-44)66-38(24(59)17(30)52)74-32-11(4-46)68-40(26(61)19(32)54)76-34-13(6-48)70-42(28(63)21(34)56)77-35-14(7-49)69-41(27(62)20(35)55)75-33-12(5-47)67-39(25(60)18(33)53)73-31-10(3-45)65-37(71-29)23(58)16(31)51;15-11-7-5-10(6-8-11)14(18)13(17)12(16)9-3-1-2-4-9;1-2-4-5-3-1;/h8-63H,1-7H2;1-8,12-13H;1-5H;/q;;;+2/t8-,9-,10-,11-,12-,13-,14-,15-,16-,17-,18-,19-,20-,21-,22-,23-,24-,25-,26-,27-,28-,29-,30-,31-,32-,33-,34-,35-,36-,37-,38-,39-,40-,41-,42-;;;/m1.../s1. The molecule has 2 unspecified atom stereocenters. The summed E-state index contributed by atoms with van der Waals surface area (Å²) in [6.07, 6.45) is -52.3. The first-order valence-corrected chi connectivity index (χ1v) is 34.3. The molecule has 0 aromatic heterocycles. The molecule has 14 bridgehead atoms. The maximum Gasteiger partial charge on any atom is 2.00 e. The van der Waals surface area contributed by atoms with Crippen LogP contribution in [-0.2, 0) is 83.4 Å². The smallest absolute Gasteiger partial charge is 0.394 e. The largest absolute Gasteiger partial charge is 2.00 e. The Kier molecular flexibility index (Phi) is 33.6. The Morgan fingerprint density at radius 3 is 0.673 bits per heavy atom. The zero-order valence-electron chi connectivity index (χ0n) is 52.8. The van der Waals surface area contributed by atoms with Crippen LogP contribution in [0.3, 0.4) is 0 Å². The first kappa shape index (κ1) is 86.0. The number of carbonyl (C=O) groups is 1. The van der Waals surface area contributed by atoms with Gasteiger partial charge in [-0.05, 0) is 75.8 Å². The van der Waals surface area contributed by atoms with Crippen molar-refractivity contribution in [3.05, 3.63) is 98.0 Å². The zero-order chi connectivity index (χ0) is 72.7. The van der Waals surface area contributed by atoms with Gasteiger partial charge in [0.15, 0.2) is 49.8 Å². The normalized spacial score (nSPS) is 46.9. The SMILES string of the molecule is O=C(c1ccc(Br)cc1)C(Br)C(Br)[C]1[CH][CH][CH][CH]1.OC[C@H]1O[C@@H]2O[C@H]3[C@H](O)[C@@H](O)[C@@H](O[C@H]4[C@H](O)[C@@H](O)[C@@H](O[C@H]5[C@H](O)[C@@H](O)[C@@H](O[C@H]6[C@H](O)[C@@H](O)[C@@H](O[C@H]7[C@H](O)[C@@H](O)[C@@H](O[C@H]8[C@H](O)[C@@H](O)[C@@H](O[C@H]1[C@H](O)[C@H]2O)O[C@@H]8CO)O[C@@H]7CO)O[C@@H]6CO)O[C@@H]5CO)O[C@@H]4CO)O[C@@H]3CO.[CH]1[CH][CH][CH][CH]1.[Fe+2]. The molecular formula is C61H85Br3FeO36+2. The van der Waals surface area contributed by atoms with Crippen molar-refractivity contribution in [3.63, 3.8) is 0 Å². The first-order chi connectivity index (χ1) is 47.7. The predicted molar refractivity (Wildman–Crippen MR) is 334 cm³/mol. The van der Waals surface area contributed by atoms with E-state index in [1.807, 2.05) is 82.1 Å². The molecule has 0 amide bonds. The van der Waals surface area contributed by atoms with Crippen molar-refractivity contribution in [2.24, 2.45) is 0 Å². The van der Waals surface area contributed by atoms with Crippen molar-refractivity contribution in [2.75, 3.05) is 46.2 Å². The molecule has 21 saturated heterocycles. The molecule has 21 aliphatic heterocycles. The number of ketones is 1. The Labute approximate surface area is 614 Å². The Hall–Kier alpha value is -0.551. The summed E-state index contributed by atoms with van der Waals surface area (Å²) in [4.78, 5) is 12.0. The summed E-state index contributed by atoms with van der Waals surface area (Å²) in [6, 6.07) is 7.40. The average Bonchev–Trinajstić information content (AvgIpc) is 1.08. The van der Waals surface area contributed by atoms with Crippen LogP contribution < -0.4 is 0 Å². The molecule has 101 heavy (non-hydrogen) atoms. The van der Waals surface area contributed by atoms with E-state index in [1.165, 1.54) is 0 Å². The summed E-state index contributed by atoms with van der Waals surface area (Å²) in [5.41, 5.74) is 0.705. The van der Waals surface area contributed by atoms with E-state index in [2.05, 4.69) is 47.8 Å². The molecule has 21 N–H and O–H groups in total. The van der Waals surface area contributed by atoms with Gasteiger partial charge in [0.05, 0.1) is 51.1 Å². The molecular weight excluding hydrogens is 1600 g/mol. The zero-order valence-corrected chi connectivity index (χ0v) is 58.7. The Morgan fingerprint density at radius 1 is 0.307 bits per heavy atom. The number of rotatable bonds is 11. The van der Waals surface area contributed by atoms with Gasteiger partial charge in [0.1, 0.15) is 171 Å². The van der Waals surface area contributed by atoms with E-state index in [4.69, 9.17) is 66.3 Å². The van der Waals surface area contributed by atoms with Gasteiger partial charge >= 0.3 is 17.1 Å². The van der Waals surface area contributed by atoms with Crippen LogP contribution in [-0.4, -0.2) is 384 Å². The summed E-state index contributed by atoms with van der Waals surface area (Å²) in [5.74, 6) is 1.17. The number of carbonyl (C=O) groups excluding carboxylic acids is 1. The van der Waals surface area contributed by atoms with Crippen LogP contribution in [0.5, 0.6) is 0 Å². The number of hydrogen-bond acceptors (Lipinski definition) is 36. The first-order valence-electron chi connectivity index (χ1n) is 31.7. The van der Waals surface area contributed by atoms with E-state index in [1.54, 1.807) is 0 Å². The molecule has 1 aromatic rings. The van der Waals surface area contributed by atoms with Gasteiger partial charge in [0.25, 0.3) is 0 Å². The number of halogens is 3. The van der Waals surface area contributed by atoms with E-state index in [0.29, 0.717) is 5.56 Å². The van der Waals surface area contributed by atoms with Crippen LogP contribution in [0.1, 0.15) is 10.4 Å². The molecule has 2 aliphatic carbocycles. The molecule has 2 saturated carbocycles. The summed E-state index contributed by atoms with van der Waals surface area (Å²) in [7, 11) is 0. The van der Waals surface area contributed by atoms with Gasteiger partial charge in [-0.2, -0.15) is 0 Å². The van der Waals surface area contributed by atoms with E-state index < -0.39 is 261 Å². The number of hydrogen-bond donors (Lipinski definition) is 21. The van der Waals surface area contributed by atoms with E-state index >= 15 is 0 Å². The van der Waals surface area contributed by atoms with Gasteiger partial charge < -0.3 is 174 Å². The topological polar surface area (TPSA) is 571 Å². The number of aliphatic hydroxyl groups excluding tert-OH is 21. The van der Waals surface area contributed by atoms with Crippen LogP contribution >= 0.6 is 47.8 Å². The van der Waals surface area contributed by atoms with Crippen LogP contribution in [0.2, 0.25) is 0 Å². The van der Waals surface area contributed by atoms with Crippen molar-refractivity contribution in [3.8, 4) is 0 Å². The van der Waals surface area contributed by atoms with E-state index in [-0.39, 0.29) is 32.5 Å². The minimum atomic E-state index is -2.21. The molecule has 24 rings (SSSR count). The molecule has 21 heterocycles. The van der Waals surface area contributed by atoms with E-state index in [9.17, 15) is 112 Å². The van der Waals surface area contributed by atoms with E-state index in [0.717, 1.165) is 10.4 Å². The quantitative estimate of drug-likeness (QED) is 0.0556. The van der Waals surface area contributed by atoms with Gasteiger partial charge in [-0.3, -0.25) is 4.79 Å². The van der Waals surface area contributed by atoms with Crippen LogP contribution in [0, 0.1) is 63.7 Å². The number of aliphatic hydroxyl groups is 21. The van der Waals surface area contributed by atoms with Crippen molar-refractivity contribution in [1.29, 1.82) is 0 Å². The van der Waals surface area contributed by atoms with Crippen molar-refractivity contribution >= 4 is 53.6 Å². The Bertz CT molecular complexity index is 2250. The predicted octanol–water partition coefficient (Wildman–Crippen LogP) is -9.65. The van der Waals surface area contributed by atoms with Gasteiger partial charge in [-0.25, -0.2) is 0 Å². The third kappa shape index (κ3) is 19.6. The fourth-order valence-corrected chi connectivity index (χ4v) is 13.8. The maximum atomic E-state index is 12.3. The molecule has 572 valence electrons. The van der Waals surface area contributed by atoms with Crippen molar-refractivity contribution in [2.45, 2.75) is 225 Å². The number of Topliss-reactive ketones (excluding diaryl/α,β-unsaturated/α-hetero) is 1. The maximum absolute atomic E-state index is 12.3. The molecule has 40 heteroatoms. The molecule has 23 fully saturated rings. The van der Waals surface area contributed by atoms with Gasteiger partial charge in [0, 0.05) is 14.9 Å². The van der Waals surface area contributed by atoms with Gasteiger partial charge in [-0.15, -0.1) is 0 Å². The fraction of sp³-hybridized carbons (Fsp3) is 0.721. The average molecular weight is 1690 g/mol. The van der Waals surface area contributed by atoms with Gasteiger partial charge in [-0.1, -0.05) is 59.9 Å². The molecule has 36 nitrogen and oxygen atoms in total. The monoisotopic (exact) mass is 1690 g/mol. The second kappa shape index (κ2) is 39.4. The van der Waals surface area contributed by atoms with Crippen molar-refractivity contribution in [1.82, 2.24) is 0 Å². The van der Waals surface area contributed by atoms with Crippen LogP contribution in [0.4, 0.5) is 0 Å². The summed E-state index contributed by atoms with van der Waals surface area (Å²) < 4.78 is 80.4. The molecule has 37 atom stereocenters. The summed E-state index contributed by atoms with van der Waals surface area (Å²) in [5, 5.41) is 230. The number of alkyl halides is 2. The fourth-order valence-electron chi connectivity index (χ4n) is 12.4. The number of ether oxygens (including phenoxy) is 14. The third-order valence-electron chi connectivity index (χ3n) is 18.0. The van der Waals surface area contributed by atoms with Crippen molar-refractivity contribution < 1.29 is 195 Å². The molecule has 10 radical (unpaired) electrons. The van der Waals surface area contributed by atoms with Crippen LogP contribution in [0.15, 0.2) is 28.7 Å². The summed E-state index contributed by atoms with van der Waals surface area (Å²) in [6.45, 7) is -7.33. The third-order valence-corrected chi connectivity index (χ3v) is 21.2. The second-order valence-electron chi connectivity index (χ2n) is 24.5.